The molecule has 4 aromatic rings. The van der Waals surface area contributed by atoms with Crippen molar-refractivity contribution in [1.82, 2.24) is 4.98 Å². The molecular weight excluding hydrogens is 210 g/mol. The third-order valence-electron chi connectivity index (χ3n) is 3.13. The van der Waals surface area contributed by atoms with Gasteiger partial charge in [-0.1, -0.05) is 42.5 Å². The highest BCUT2D eigenvalue weighted by atomic mass is 16.3. The first-order valence-electron chi connectivity index (χ1n) is 5.58. The van der Waals surface area contributed by atoms with Crippen LogP contribution in [0.5, 0.6) is 0 Å². The Morgan fingerprint density at radius 1 is 0.824 bits per heavy atom. The Balaban J connectivity index is 2.38. The van der Waals surface area contributed by atoms with Gasteiger partial charge in [-0.2, -0.15) is 0 Å². The Morgan fingerprint density at radius 2 is 1.59 bits per heavy atom. The molecule has 0 aliphatic heterocycles. The minimum Gasteiger partial charge on any atom is -0.438 e. The van der Waals surface area contributed by atoms with Crippen LogP contribution in [0.15, 0.2) is 59.1 Å². The van der Waals surface area contributed by atoms with Gasteiger partial charge in [-0.3, -0.25) is 0 Å². The van der Waals surface area contributed by atoms with E-state index in [9.17, 15) is 0 Å². The summed E-state index contributed by atoms with van der Waals surface area (Å²) in [5.74, 6) is 0. The van der Waals surface area contributed by atoms with Gasteiger partial charge in [-0.25, -0.2) is 4.98 Å². The zero-order valence-electron chi connectivity index (χ0n) is 9.05. The van der Waals surface area contributed by atoms with E-state index in [0.717, 1.165) is 21.7 Å². The van der Waals surface area contributed by atoms with Crippen molar-refractivity contribution in [3.8, 4) is 0 Å². The number of fused-ring (bicyclic) bond motifs is 5. The van der Waals surface area contributed by atoms with Gasteiger partial charge >= 0.3 is 0 Å². The number of hydrogen-bond donors (Lipinski definition) is 0. The van der Waals surface area contributed by atoms with Crippen molar-refractivity contribution in [3.05, 3.63) is 54.7 Å². The van der Waals surface area contributed by atoms with Crippen molar-refractivity contribution in [1.29, 1.82) is 0 Å². The molecule has 0 saturated carbocycles. The smallest absolute Gasteiger partial charge is 0.227 e. The highest BCUT2D eigenvalue weighted by molar-refractivity contribution is 6.17. The van der Waals surface area contributed by atoms with Crippen LogP contribution in [-0.4, -0.2) is 4.98 Å². The molecule has 2 aromatic carbocycles. The van der Waals surface area contributed by atoms with Gasteiger partial charge in [0.05, 0.1) is 5.39 Å². The molecule has 2 nitrogen and oxygen atoms in total. The summed E-state index contributed by atoms with van der Waals surface area (Å²) in [6.45, 7) is 0. The predicted octanol–water partition coefficient (Wildman–Crippen LogP) is 4.13. The van der Waals surface area contributed by atoms with Crippen molar-refractivity contribution in [2.75, 3.05) is 0 Å². The monoisotopic (exact) mass is 219 g/mol. The van der Waals surface area contributed by atoms with Gasteiger partial charge in [0.2, 0.25) is 5.71 Å². The lowest BCUT2D eigenvalue weighted by atomic mass is 10.1. The predicted molar refractivity (Wildman–Crippen MR) is 69.0 cm³/mol. The van der Waals surface area contributed by atoms with E-state index in [1.165, 1.54) is 5.39 Å². The number of rotatable bonds is 0. The zero-order chi connectivity index (χ0) is 11.2. The van der Waals surface area contributed by atoms with Crippen molar-refractivity contribution in [2.45, 2.75) is 0 Å². The van der Waals surface area contributed by atoms with Gasteiger partial charge in [-0.15, -0.1) is 0 Å². The second-order valence-electron chi connectivity index (χ2n) is 4.12. The second-order valence-corrected chi connectivity index (χ2v) is 4.12. The van der Waals surface area contributed by atoms with E-state index in [1.54, 1.807) is 0 Å². The minimum absolute atomic E-state index is 0.713. The Labute approximate surface area is 97.5 Å². The van der Waals surface area contributed by atoms with E-state index in [2.05, 4.69) is 23.2 Å². The third-order valence-corrected chi connectivity index (χ3v) is 3.13. The maximum atomic E-state index is 5.75. The highest BCUT2D eigenvalue weighted by Crippen LogP contribution is 2.32. The summed E-state index contributed by atoms with van der Waals surface area (Å²) in [6.07, 6.45) is 1.86. The molecule has 0 spiro atoms. The van der Waals surface area contributed by atoms with Crippen LogP contribution in [0, 0.1) is 0 Å². The molecule has 0 bridgehead atoms. The molecule has 0 saturated heterocycles. The topological polar surface area (TPSA) is 26.0 Å². The summed E-state index contributed by atoms with van der Waals surface area (Å²) >= 11 is 0. The largest absolute Gasteiger partial charge is 0.438 e. The molecule has 2 heterocycles. The molecule has 0 aliphatic carbocycles. The quantitative estimate of drug-likeness (QED) is 0.444. The molecule has 0 atom stereocenters. The fraction of sp³-hybridized carbons (Fsp3) is 0. The van der Waals surface area contributed by atoms with Gasteiger partial charge < -0.3 is 4.42 Å². The molecule has 0 radical (unpaired) electrons. The van der Waals surface area contributed by atoms with Crippen LogP contribution >= 0.6 is 0 Å². The number of para-hydroxylation sites is 1. The number of hydrogen-bond acceptors (Lipinski definition) is 2. The zero-order valence-corrected chi connectivity index (χ0v) is 9.05. The molecule has 80 valence electrons. The van der Waals surface area contributed by atoms with Gasteiger partial charge in [-0.05, 0) is 11.5 Å². The van der Waals surface area contributed by atoms with E-state index in [4.69, 9.17) is 4.42 Å². The van der Waals surface area contributed by atoms with Crippen LogP contribution in [0.4, 0.5) is 0 Å². The number of nitrogens with zero attached hydrogens (tertiary/aromatic N) is 1. The van der Waals surface area contributed by atoms with E-state index >= 15 is 0 Å². The van der Waals surface area contributed by atoms with Crippen molar-refractivity contribution in [3.63, 3.8) is 0 Å². The van der Waals surface area contributed by atoms with E-state index in [-0.39, 0.29) is 0 Å². The molecule has 4 rings (SSSR count). The van der Waals surface area contributed by atoms with Crippen LogP contribution in [0.1, 0.15) is 0 Å². The SMILES string of the molecule is c1ccc2c(c1)cnc1oc3ccccc3c12. The number of aromatic nitrogens is 1. The van der Waals surface area contributed by atoms with E-state index < -0.39 is 0 Å². The molecule has 0 amide bonds. The summed E-state index contributed by atoms with van der Waals surface area (Å²) in [5, 5.41) is 4.58. The fourth-order valence-electron chi connectivity index (χ4n) is 2.35. The van der Waals surface area contributed by atoms with Crippen LogP contribution in [-0.2, 0) is 0 Å². The molecule has 2 aromatic heterocycles. The van der Waals surface area contributed by atoms with Crippen LogP contribution in [0.2, 0.25) is 0 Å². The molecule has 0 aliphatic rings. The highest BCUT2D eigenvalue weighted by Gasteiger charge is 2.10. The Hall–Kier alpha value is -2.35. The van der Waals surface area contributed by atoms with Crippen LogP contribution in [0.3, 0.4) is 0 Å². The number of furan rings is 1. The normalized spacial score (nSPS) is 11.5. The number of pyridine rings is 1. The Kier molecular flexibility index (Phi) is 1.59. The summed E-state index contributed by atoms with van der Waals surface area (Å²) in [7, 11) is 0. The van der Waals surface area contributed by atoms with Gasteiger partial charge in [0.25, 0.3) is 0 Å². The average molecular weight is 219 g/mol. The standard InChI is InChI=1S/C15H9NO/c1-2-6-11-10(5-1)9-16-15-14(11)12-7-3-4-8-13(12)17-15/h1-9H. The molecule has 17 heavy (non-hydrogen) atoms. The summed E-state index contributed by atoms with van der Waals surface area (Å²) in [5.41, 5.74) is 1.61. The molecule has 0 N–H and O–H groups in total. The average Bonchev–Trinajstić information content (AvgIpc) is 2.77. The van der Waals surface area contributed by atoms with E-state index in [0.29, 0.717) is 5.71 Å². The summed E-state index contributed by atoms with van der Waals surface area (Å²) < 4.78 is 5.75. The lowest BCUT2D eigenvalue weighted by Crippen LogP contribution is -1.77. The fourth-order valence-corrected chi connectivity index (χ4v) is 2.35. The summed E-state index contributed by atoms with van der Waals surface area (Å²) in [6, 6.07) is 16.3. The molecule has 2 heteroatoms. The Morgan fingerprint density at radius 3 is 2.53 bits per heavy atom. The maximum Gasteiger partial charge on any atom is 0.227 e. The molecule has 0 fully saturated rings. The van der Waals surface area contributed by atoms with Crippen molar-refractivity contribution >= 4 is 32.8 Å². The lowest BCUT2D eigenvalue weighted by molar-refractivity contribution is 0.654. The van der Waals surface area contributed by atoms with Gasteiger partial charge in [0.1, 0.15) is 5.58 Å². The number of benzene rings is 2. The summed E-state index contributed by atoms with van der Waals surface area (Å²) in [4.78, 5) is 4.38. The second kappa shape index (κ2) is 3.08. The van der Waals surface area contributed by atoms with Crippen LogP contribution in [0.25, 0.3) is 32.8 Å². The minimum atomic E-state index is 0.713. The van der Waals surface area contributed by atoms with Crippen molar-refractivity contribution in [2.24, 2.45) is 0 Å². The van der Waals surface area contributed by atoms with E-state index in [1.807, 2.05) is 36.5 Å². The van der Waals surface area contributed by atoms with Crippen molar-refractivity contribution < 1.29 is 4.42 Å². The lowest BCUT2D eigenvalue weighted by Gasteiger charge is -1.97. The van der Waals surface area contributed by atoms with Gasteiger partial charge in [0, 0.05) is 17.0 Å². The molecule has 0 unspecified atom stereocenters. The first-order chi connectivity index (χ1) is 8.43. The first-order valence-corrected chi connectivity index (χ1v) is 5.58. The van der Waals surface area contributed by atoms with Crippen LogP contribution < -0.4 is 0 Å². The Bertz CT molecular complexity index is 839. The molecular formula is C15H9NO. The van der Waals surface area contributed by atoms with Gasteiger partial charge in [0.15, 0.2) is 0 Å². The third kappa shape index (κ3) is 1.12. The maximum absolute atomic E-state index is 5.75. The first kappa shape index (κ1) is 8.76.